The van der Waals surface area contributed by atoms with E-state index in [4.69, 9.17) is 9.47 Å². The third-order valence-corrected chi connectivity index (χ3v) is 4.10. The lowest BCUT2D eigenvalue weighted by Gasteiger charge is -2.28. The summed E-state index contributed by atoms with van der Waals surface area (Å²) in [6.45, 7) is 3.48. The topological polar surface area (TPSA) is 30.5 Å². The monoisotopic (exact) mass is 261 g/mol. The van der Waals surface area contributed by atoms with Gasteiger partial charge in [-0.3, -0.25) is 0 Å². The molecule has 0 bridgehead atoms. The van der Waals surface area contributed by atoms with Crippen molar-refractivity contribution in [2.45, 2.75) is 44.4 Å². The minimum absolute atomic E-state index is 0.341. The number of benzene rings is 1. The molecule has 2 aliphatic heterocycles. The Morgan fingerprint density at radius 1 is 1.21 bits per heavy atom. The number of nitrogens with one attached hydrogen (secondary N) is 1. The smallest absolute Gasteiger partial charge is 0.0721 e. The fourth-order valence-corrected chi connectivity index (χ4v) is 3.00. The first-order valence-electron chi connectivity index (χ1n) is 7.44. The predicted molar refractivity (Wildman–Crippen MR) is 75.0 cm³/mol. The van der Waals surface area contributed by atoms with Crippen molar-refractivity contribution in [1.82, 2.24) is 5.32 Å². The van der Waals surface area contributed by atoms with E-state index in [0.717, 1.165) is 32.8 Å². The Labute approximate surface area is 115 Å². The van der Waals surface area contributed by atoms with Gasteiger partial charge >= 0.3 is 0 Å². The molecule has 104 valence electrons. The van der Waals surface area contributed by atoms with Crippen LogP contribution in [-0.2, 0) is 16.1 Å². The molecule has 19 heavy (non-hydrogen) atoms. The van der Waals surface area contributed by atoms with Crippen LogP contribution in [0, 0.1) is 0 Å². The zero-order valence-electron chi connectivity index (χ0n) is 11.4. The van der Waals surface area contributed by atoms with Crippen LogP contribution in [0.3, 0.4) is 0 Å². The van der Waals surface area contributed by atoms with Crippen LogP contribution in [0.1, 0.15) is 42.9 Å². The molecule has 1 saturated heterocycles. The van der Waals surface area contributed by atoms with Gasteiger partial charge in [0.1, 0.15) is 0 Å². The highest BCUT2D eigenvalue weighted by Crippen LogP contribution is 2.24. The molecule has 1 aromatic rings. The molecule has 0 radical (unpaired) electrons. The number of hydrogen-bond acceptors (Lipinski definition) is 3. The van der Waals surface area contributed by atoms with E-state index in [0.29, 0.717) is 12.1 Å². The summed E-state index contributed by atoms with van der Waals surface area (Å²) in [5.74, 6) is 0. The van der Waals surface area contributed by atoms with Gasteiger partial charge in [0.2, 0.25) is 0 Å². The van der Waals surface area contributed by atoms with Crippen molar-refractivity contribution in [3.63, 3.8) is 0 Å². The average molecular weight is 261 g/mol. The van der Waals surface area contributed by atoms with Crippen LogP contribution in [0.25, 0.3) is 0 Å². The summed E-state index contributed by atoms with van der Waals surface area (Å²) >= 11 is 0. The maximum atomic E-state index is 5.77. The predicted octanol–water partition coefficient (Wildman–Crippen LogP) is 2.81. The van der Waals surface area contributed by atoms with Crippen LogP contribution in [0.2, 0.25) is 0 Å². The summed E-state index contributed by atoms with van der Waals surface area (Å²) < 4.78 is 11.4. The summed E-state index contributed by atoms with van der Waals surface area (Å²) in [6.07, 6.45) is 5.34. The highest BCUT2D eigenvalue weighted by Gasteiger charge is 2.20. The molecule has 0 spiro atoms. The van der Waals surface area contributed by atoms with Crippen LogP contribution in [-0.4, -0.2) is 25.9 Å². The first kappa shape index (κ1) is 13.1. The third kappa shape index (κ3) is 3.35. The molecule has 3 rings (SSSR count). The van der Waals surface area contributed by atoms with Gasteiger partial charge in [0.05, 0.1) is 25.4 Å². The Kier molecular flexibility index (Phi) is 4.49. The van der Waals surface area contributed by atoms with Gasteiger partial charge in [0.15, 0.2) is 0 Å². The maximum Gasteiger partial charge on any atom is 0.0721 e. The molecule has 2 heterocycles. The molecule has 2 atom stereocenters. The Bertz CT molecular complexity index is 401. The lowest BCUT2D eigenvalue weighted by atomic mass is 9.99. The Morgan fingerprint density at radius 3 is 3.05 bits per heavy atom. The van der Waals surface area contributed by atoms with Crippen molar-refractivity contribution < 1.29 is 9.47 Å². The van der Waals surface area contributed by atoms with E-state index in [2.05, 4.69) is 29.6 Å². The van der Waals surface area contributed by atoms with Crippen molar-refractivity contribution in [3.05, 3.63) is 35.4 Å². The highest BCUT2D eigenvalue weighted by atomic mass is 16.5. The Balaban J connectivity index is 1.50. The van der Waals surface area contributed by atoms with Gasteiger partial charge < -0.3 is 14.8 Å². The fourth-order valence-electron chi connectivity index (χ4n) is 3.00. The number of rotatable bonds is 4. The van der Waals surface area contributed by atoms with Crippen molar-refractivity contribution in [2.75, 3.05) is 19.8 Å². The first-order valence-corrected chi connectivity index (χ1v) is 7.44. The summed E-state index contributed by atoms with van der Waals surface area (Å²) in [4.78, 5) is 0. The molecular formula is C16H23NO2. The Hall–Kier alpha value is -0.900. The molecular weight excluding hydrogens is 238 g/mol. The van der Waals surface area contributed by atoms with E-state index in [1.807, 2.05) is 0 Å². The zero-order chi connectivity index (χ0) is 12.9. The fraction of sp³-hybridized carbons (Fsp3) is 0.625. The lowest BCUT2D eigenvalue weighted by molar-refractivity contribution is 0.00989. The molecule has 2 unspecified atom stereocenters. The summed E-state index contributed by atoms with van der Waals surface area (Å²) in [5.41, 5.74) is 2.72. The normalized spacial score (nSPS) is 26.9. The molecule has 2 aliphatic rings. The molecule has 1 N–H and O–H groups in total. The van der Waals surface area contributed by atoms with E-state index in [1.165, 1.54) is 30.4 Å². The second-order valence-electron chi connectivity index (χ2n) is 5.50. The number of fused-ring (bicyclic) bond motifs is 1. The van der Waals surface area contributed by atoms with Gasteiger partial charge in [-0.2, -0.15) is 0 Å². The maximum absolute atomic E-state index is 5.77. The van der Waals surface area contributed by atoms with Crippen LogP contribution in [0.4, 0.5) is 0 Å². The SMILES string of the molecule is c1ccc2c(c1)COCC2NCCC1CCCCO1. The van der Waals surface area contributed by atoms with E-state index >= 15 is 0 Å². The molecule has 0 aliphatic carbocycles. The lowest BCUT2D eigenvalue weighted by Crippen LogP contribution is -2.32. The second kappa shape index (κ2) is 6.51. The van der Waals surface area contributed by atoms with Crippen molar-refractivity contribution >= 4 is 0 Å². The van der Waals surface area contributed by atoms with Crippen LogP contribution >= 0.6 is 0 Å². The molecule has 0 amide bonds. The summed E-state index contributed by atoms with van der Waals surface area (Å²) in [6, 6.07) is 8.91. The highest BCUT2D eigenvalue weighted by molar-refractivity contribution is 5.30. The van der Waals surface area contributed by atoms with E-state index in [9.17, 15) is 0 Å². The van der Waals surface area contributed by atoms with E-state index in [1.54, 1.807) is 0 Å². The summed E-state index contributed by atoms with van der Waals surface area (Å²) in [7, 11) is 0. The number of ether oxygens (including phenoxy) is 2. The van der Waals surface area contributed by atoms with Gasteiger partial charge in [-0.05, 0) is 43.4 Å². The zero-order valence-corrected chi connectivity index (χ0v) is 11.4. The van der Waals surface area contributed by atoms with Gasteiger partial charge in [-0.1, -0.05) is 24.3 Å². The van der Waals surface area contributed by atoms with Gasteiger partial charge in [0.25, 0.3) is 0 Å². The first-order chi connectivity index (χ1) is 9.43. The third-order valence-electron chi connectivity index (χ3n) is 4.10. The summed E-state index contributed by atoms with van der Waals surface area (Å²) in [5, 5.41) is 3.62. The van der Waals surface area contributed by atoms with Gasteiger partial charge in [-0.25, -0.2) is 0 Å². The second-order valence-corrected chi connectivity index (χ2v) is 5.50. The van der Waals surface area contributed by atoms with Crippen molar-refractivity contribution in [1.29, 1.82) is 0 Å². The molecule has 1 aromatic carbocycles. The largest absolute Gasteiger partial charge is 0.378 e. The van der Waals surface area contributed by atoms with Gasteiger partial charge in [-0.15, -0.1) is 0 Å². The minimum Gasteiger partial charge on any atom is -0.378 e. The van der Waals surface area contributed by atoms with E-state index in [-0.39, 0.29) is 0 Å². The van der Waals surface area contributed by atoms with Crippen LogP contribution in [0.15, 0.2) is 24.3 Å². The standard InChI is InChI=1S/C16H23NO2/c1-2-7-15-13(5-1)11-18-12-16(15)17-9-8-14-6-3-4-10-19-14/h1-2,5,7,14,16-17H,3-4,6,8-12H2. The van der Waals surface area contributed by atoms with Crippen LogP contribution < -0.4 is 5.32 Å². The quantitative estimate of drug-likeness (QED) is 0.904. The van der Waals surface area contributed by atoms with Crippen molar-refractivity contribution in [2.24, 2.45) is 0 Å². The molecule has 0 aromatic heterocycles. The molecule has 0 saturated carbocycles. The molecule has 3 nitrogen and oxygen atoms in total. The van der Waals surface area contributed by atoms with Crippen LogP contribution in [0.5, 0.6) is 0 Å². The van der Waals surface area contributed by atoms with Crippen molar-refractivity contribution in [3.8, 4) is 0 Å². The molecule has 1 fully saturated rings. The minimum atomic E-state index is 0.341. The van der Waals surface area contributed by atoms with Gasteiger partial charge in [0, 0.05) is 6.61 Å². The van der Waals surface area contributed by atoms with E-state index < -0.39 is 0 Å². The molecule has 3 heteroatoms. The number of hydrogen-bond donors (Lipinski definition) is 1. The Morgan fingerprint density at radius 2 is 2.16 bits per heavy atom. The average Bonchev–Trinajstić information content (AvgIpc) is 2.49.